The summed E-state index contributed by atoms with van der Waals surface area (Å²) in [6.07, 6.45) is -9.16. The van der Waals surface area contributed by atoms with Crippen LogP contribution in [0, 0.1) is 17.6 Å². The number of rotatable bonds is 9. The molecule has 0 saturated heterocycles. The molecule has 0 spiro atoms. The predicted octanol–water partition coefficient (Wildman–Crippen LogP) is 6.94. The molecule has 3 aromatic rings. The molecular weight excluding hydrogens is 518 g/mol. The second kappa shape index (κ2) is 11.9. The third kappa shape index (κ3) is 7.17. The number of urea groups is 1. The summed E-state index contributed by atoms with van der Waals surface area (Å²) in [5.41, 5.74) is -0.0964. The average Bonchev–Trinajstić information content (AvgIpc) is 2.83. The largest absolute Gasteiger partial charge is 0.485 e. The molecule has 3 aromatic carbocycles. The van der Waals surface area contributed by atoms with E-state index in [-0.39, 0.29) is 11.6 Å². The zero-order valence-electron chi connectivity index (χ0n) is 20.0. The van der Waals surface area contributed by atoms with Crippen LogP contribution in [-0.2, 0) is 0 Å². The lowest BCUT2D eigenvalue weighted by Gasteiger charge is -2.24. The van der Waals surface area contributed by atoms with Crippen LogP contribution < -0.4 is 20.1 Å². The first-order chi connectivity index (χ1) is 17.9. The van der Waals surface area contributed by atoms with Gasteiger partial charge in [0, 0.05) is 5.69 Å². The quantitative estimate of drug-likeness (QED) is 0.288. The van der Waals surface area contributed by atoms with Gasteiger partial charge < -0.3 is 14.8 Å². The molecule has 38 heavy (non-hydrogen) atoms. The third-order valence-corrected chi connectivity index (χ3v) is 5.11. The molecule has 3 amide bonds. The molecule has 0 fully saturated rings. The first-order valence-corrected chi connectivity index (χ1v) is 11.2. The van der Waals surface area contributed by atoms with E-state index in [0.29, 0.717) is 11.3 Å². The van der Waals surface area contributed by atoms with Crippen LogP contribution in [0.2, 0.25) is 0 Å². The van der Waals surface area contributed by atoms with Gasteiger partial charge in [0.05, 0.1) is 0 Å². The van der Waals surface area contributed by atoms with Gasteiger partial charge in [-0.1, -0.05) is 32.0 Å². The molecule has 6 nitrogen and oxygen atoms in total. The highest BCUT2D eigenvalue weighted by Crippen LogP contribution is 2.32. The minimum Gasteiger partial charge on any atom is -0.485 e. The van der Waals surface area contributed by atoms with Crippen molar-refractivity contribution in [2.45, 2.75) is 32.5 Å². The Morgan fingerprint density at radius 1 is 0.842 bits per heavy atom. The molecule has 202 valence electrons. The molecule has 0 aliphatic carbocycles. The number of benzene rings is 3. The van der Waals surface area contributed by atoms with Gasteiger partial charge in [0.15, 0.2) is 0 Å². The Kier molecular flexibility index (Phi) is 8.87. The van der Waals surface area contributed by atoms with E-state index in [1.165, 1.54) is 36.4 Å². The molecule has 0 saturated carbocycles. The van der Waals surface area contributed by atoms with Crippen LogP contribution >= 0.6 is 0 Å². The van der Waals surface area contributed by atoms with Crippen LogP contribution in [0.4, 0.5) is 36.8 Å². The number of ether oxygens (including phenoxy) is 2. The lowest BCUT2D eigenvalue weighted by atomic mass is 9.98. The van der Waals surface area contributed by atoms with Crippen LogP contribution in [0.1, 0.15) is 35.9 Å². The van der Waals surface area contributed by atoms with Crippen LogP contribution in [0.5, 0.6) is 11.5 Å². The van der Waals surface area contributed by atoms with E-state index in [2.05, 4.69) is 10.1 Å². The van der Waals surface area contributed by atoms with E-state index in [1.807, 2.05) is 19.2 Å². The maximum atomic E-state index is 13.7. The van der Waals surface area contributed by atoms with Gasteiger partial charge in [0.25, 0.3) is 5.91 Å². The monoisotopic (exact) mass is 540 g/mol. The molecule has 0 aromatic heterocycles. The molecular formula is C26H22F6N2O4. The number of carbonyl (C=O) groups excluding carboxylic acids is 2. The van der Waals surface area contributed by atoms with E-state index in [1.54, 1.807) is 0 Å². The Balaban J connectivity index is 1.62. The minimum atomic E-state index is -4.62. The van der Waals surface area contributed by atoms with E-state index in [9.17, 15) is 35.9 Å². The normalized spacial score (nSPS) is 12.3. The first-order valence-electron chi connectivity index (χ1n) is 11.2. The summed E-state index contributed by atoms with van der Waals surface area (Å²) < 4.78 is 88.4. The van der Waals surface area contributed by atoms with Gasteiger partial charge in [-0.3, -0.25) is 10.1 Å². The summed E-state index contributed by atoms with van der Waals surface area (Å²) >= 11 is 0. The van der Waals surface area contributed by atoms with Crippen molar-refractivity contribution >= 4 is 17.6 Å². The summed E-state index contributed by atoms with van der Waals surface area (Å²) in [7, 11) is 0. The minimum absolute atomic E-state index is 0.0994. The first kappa shape index (κ1) is 28.4. The van der Waals surface area contributed by atoms with E-state index < -0.39 is 53.5 Å². The molecule has 0 radical (unpaired) electrons. The number of anilines is 1. The number of hydrogen-bond acceptors (Lipinski definition) is 4. The van der Waals surface area contributed by atoms with Crippen molar-refractivity contribution in [2.24, 2.45) is 5.92 Å². The number of halogens is 6. The summed E-state index contributed by atoms with van der Waals surface area (Å²) in [5, 5.41) is 4.18. The fourth-order valence-corrected chi connectivity index (χ4v) is 3.32. The van der Waals surface area contributed by atoms with Crippen molar-refractivity contribution in [2.75, 3.05) is 5.32 Å². The topological polar surface area (TPSA) is 76.7 Å². The summed E-state index contributed by atoms with van der Waals surface area (Å²) in [5.74, 6) is -3.67. The van der Waals surface area contributed by atoms with Crippen LogP contribution in [-0.4, -0.2) is 24.5 Å². The average molecular weight is 540 g/mol. The maximum Gasteiger partial charge on any atom is 0.461 e. The SMILES string of the molecule is CC(C)C(Oc1ccc(NC(=O)NC(=O)c2c(F)cccc2F)cc1)c1ccc(OC(F)(F)C(F)F)cc1. The molecule has 0 bridgehead atoms. The van der Waals surface area contributed by atoms with Gasteiger partial charge in [-0.15, -0.1) is 0 Å². The Labute approximate surface area is 213 Å². The predicted molar refractivity (Wildman–Crippen MR) is 126 cm³/mol. The van der Waals surface area contributed by atoms with E-state index >= 15 is 0 Å². The van der Waals surface area contributed by atoms with Gasteiger partial charge >= 0.3 is 18.6 Å². The second-order valence-electron chi connectivity index (χ2n) is 8.35. The van der Waals surface area contributed by atoms with Gasteiger partial charge in [-0.05, 0) is 60.0 Å². The van der Waals surface area contributed by atoms with Crippen LogP contribution in [0.25, 0.3) is 0 Å². The third-order valence-electron chi connectivity index (χ3n) is 5.11. The zero-order chi connectivity index (χ0) is 28.0. The highest BCUT2D eigenvalue weighted by Gasteiger charge is 2.44. The van der Waals surface area contributed by atoms with E-state index in [0.717, 1.165) is 30.3 Å². The van der Waals surface area contributed by atoms with Crippen LogP contribution in [0.15, 0.2) is 66.7 Å². The van der Waals surface area contributed by atoms with Crippen molar-refractivity contribution in [3.63, 3.8) is 0 Å². The van der Waals surface area contributed by atoms with Gasteiger partial charge in [0.2, 0.25) is 0 Å². The van der Waals surface area contributed by atoms with Crippen molar-refractivity contribution in [3.05, 3.63) is 89.5 Å². The molecule has 12 heteroatoms. The second-order valence-corrected chi connectivity index (χ2v) is 8.35. The maximum absolute atomic E-state index is 13.7. The van der Waals surface area contributed by atoms with E-state index in [4.69, 9.17) is 4.74 Å². The van der Waals surface area contributed by atoms with Crippen molar-refractivity contribution in [3.8, 4) is 11.5 Å². The zero-order valence-corrected chi connectivity index (χ0v) is 20.0. The Hall–Kier alpha value is -4.22. The summed E-state index contributed by atoms with van der Waals surface area (Å²) in [4.78, 5) is 24.1. The molecule has 0 aliphatic rings. The fourth-order valence-electron chi connectivity index (χ4n) is 3.32. The van der Waals surface area contributed by atoms with Crippen molar-refractivity contribution in [1.82, 2.24) is 5.32 Å². The standard InChI is InChI=1S/C26H22F6N2O4/c1-14(2)22(15-6-10-18(11-7-15)38-26(31,32)24(29)30)37-17-12-8-16(9-13-17)33-25(36)34-23(35)21-19(27)4-3-5-20(21)28/h3-14,22,24H,1-2H3,(H2,33,34,35,36). The number of hydrogen-bond donors (Lipinski definition) is 2. The Bertz CT molecular complexity index is 1250. The fraction of sp³-hybridized carbons (Fsp3) is 0.231. The number of imide groups is 1. The Morgan fingerprint density at radius 2 is 1.39 bits per heavy atom. The molecule has 3 rings (SSSR count). The molecule has 1 unspecified atom stereocenters. The molecule has 0 heterocycles. The number of alkyl halides is 4. The highest BCUT2D eigenvalue weighted by molar-refractivity contribution is 6.08. The lowest BCUT2D eigenvalue weighted by molar-refractivity contribution is -0.253. The number of nitrogens with one attached hydrogen (secondary N) is 2. The lowest BCUT2D eigenvalue weighted by Crippen LogP contribution is -2.35. The van der Waals surface area contributed by atoms with Gasteiger partial charge in [-0.25, -0.2) is 13.6 Å². The number of amides is 3. The Morgan fingerprint density at radius 3 is 1.92 bits per heavy atom. The molecule has 1 atom stereocenters. The van der Waals surface area contributed by atoms with Gasteiger partial charge in [0.1, 0.15) is 34.8 Å². The van der Waals surface area contributed by atoms with Crippen molar-refractivity contribution < 1.29 is 45.4 Å². The smallest absolute Gasteiger partial charge is 0.461 e. The number of carbonyl (C=O) groups is 2. The van der Waals surface area contributed by atoms with Crippen LogP contribution in [0.3, 0.4) is 0 Å². The summed E-state index contributed by atoms with van der Waals surface area (Å²) in [6, 6.07) is 12.8. The van der Waals surface area contributed by atoms with Crippen molar-refractivity contribution in [1.29, 1.82) is 0 Å². The molecule has 0 aliphatic heterocycles. The van der Waals surface area contributed by atoms with Gasteiger partial charge in [-0.2, -0.15) is 17.6 Å². The summed E-state index contributed by atoms with van der Waals surface area (Å²) in [6.45, 7) is 3.69. The highest BCUT2D eigenvalue weighted by atomic mass is 19.3. The molecule has 2 N–H and O–H groups in total.